The molecule has 12 heteroatoms. The Balaban J connectivity index is 2.10. The predicted octanol–water partition coefficient (Wildman–Crippen LogP) is -0.122. The van der Waals surface area contributed by atoms with Gasteiger partial charge in [0.1, 0.15) is 29.4 Å². The van der Waals surface area contributed by atoms with Gasteiger partial charge in [-0.2, -0.15) is 0 Å². The largest absolute Gasteiger partial charge is 0.508 e. The summed E-state index contributed by atoms with van der Waals surface area (Å²) in [5.41, 5.74) is 4.73. The molecule has 1 aliphatic heterocycles. The summed E-state index contributed by atoms with van der Waals surface area (Å²) >= 11 is 0. The molecule has 1 heterocycles. The number of carboxylic acids is 1. The van der Waals surface area contributed by atoms with Gasteiger partial charge in [-0.15, -0.1) is 0 Å². The van der Waals surface area contributed by atoms with Crippen molar-refractivity contribution in [2.75, 3.05) is 6.54 Å². The zero-order valence-corrected chi connectivity index (χ0v) is 22.5. The number of nitrogens with one attached hydrogen (secondary N) is 3. The molecule has 0 unspecified atom stereocenters. The molecule has 1 aliphatic rings. The number of amides is 4. The number of likely N-dealkylation sites (tertiary alicyclic amines) is 1. The number of hydrogen-bond acceptors (Lipinski definition) is 7. The normalized spacial score (nSPS) is 17.9. The van der Waals surface area contributed by atoms with Crippen molar-refractivity contribution in [2.24, 2.45) is 11.7 Å². The van der Waals surface area contributed by atoms with Crippen LogP contribution in [0.1, 0.15) is 53.0 Å². The quantitative estimate of drug-likeness (QED) is 0.227. The lowest BCUT2D eigenvalue weighted by Crippen LogP contribution is -2.62. The molecule has 7 N–H and O–H groups in total. The molecule has 4 amide bonds. The minimum atomic E-state index is -1.49. The minimum Gasteiger partial charge on any atom is -0.508 e. The Morgan fingerprint density at radius 2 is 1.68 bits per heavy atom. The van der Waals surface area contributed by atoms with Crippen molar-refractivity contribution in [3.63, 3.8) is 0 Å². The maximum Gasteiger partial charge on any atom is 0.326 e. The molecule has 4 atom stereocenters. The summed E-state index contributed by atoms with van der Waals surface area (Å²) in [7, 11) is 0. The third kappa shape index (κ3) is 7.91. The van der Waals surface area contributed by atoms with Crippen molar-refractivity contribution in [1.29, 1.82) is 0 Å². The van der Waals surface area contributed by atoms with Crippen LogP contribution in [0.3, 0.4) is 0 Å². The Labute approximate surface area is 222 Å². The van der Waals surface area contributed by atoms with Crippen molar-refractivity contribution < 1.29 is 34.2 Å². The molecule has 0 aromatic heterocycles. The Bertz CT molecular complexity index is 1040. The number of rotatable bonds is 11. The zero-order chi connectivity index (χ0) is 28.8. The van der Waals surface area contributed by atoms with Crippen LogP contribution >= 0.6 is 0 Å². The summed E-state index contributed by atoms with van der Waals surface area (Å²) in [4.78, 5) is 64.8. The number of aliphatic carboxylic acids is 1. The van der Waals surface area contributed by atoms with Crippen LogP contribution in [0.2, 0.25) is 0 Å². The van der Waals surface area contributed by atoms with Gasteiger partial charge in [-0.3, -0.25) is 19.2 Å². The Hall–Kier alpha value is -3.67. The van der Waals surface area contributed by atoms with Gasteiger partial charge in [0.2, 0.25) is 23.6 Å². The smallest absolute Gasteiger partial charge is 0.326 e. The second kappa shape index (κ2) is 12.7. The van der Waals surface area contributed by atoms with Gasteiger partial charge in [0.25, 0.3) is 0 Å². The van der Waals surface area contributed by atoms with Crippen molar-refractivity contribution in [2.45, 2.75) is 83.6 Å². The molecular formula is C26H39N5O7. The Morgan fingerprint density at radius 3 is 2.21 bits per heavy atom. The number of carbonyl (C=O) groups is 5. The van der Waals surface area contributed by atoms with E-state index >= 15 is 0 Å². The maximum absolute atomic E-state index is 13.3. The van der Waals surface area contributed by atoms with E-state index in [0.717, 1.165) is 0 Å². The molecule has 0 radical (unpaired) electrons. The fourth-order valence-corrected chi connectivity index (χ4v) is 4.13. The summed E-state index contributed by atoms with van der Waals surface area (Å²) in [6.07, 6.45) is 0.913. The lowest BCUT2D eigenvalue weighted by atomic mass is 9.99. The number of hydrogen-bond donors (Lipinski definition) is 6. The predicted molar refractivity (Wildman–Crippen MR) is 139 cm³/mol. The van der Waals surface area contributed by atoms with E-state index in [1.807, 2.05) is 0 Å². The first kappa shape index (κ1) is 30.6. The number of benzene rings is 1. The fourth-order valence-electron chi connectivity index (χ4n) is 4.13. The van der Waals surface area contributed by atoms with Crippen LogP contribution in [0.4, 0.5) is 0 Å². The van der Waals surface area contributed by atoms with Crippen LogP contribution in [0.5, 0.6) is 5.75 Å². The second-order valence-electron chi connectivity index (χ2n) is 10.6. The number of nitrogens with two attached hydrogens (primary N) is 1. The number of phenolic OH excluding ortho intramolecular Hbond substituents is 1. The first-order chi connectivity index (χ1) is 17.6. The Kier molecular flexibility index (Phi) is 10.2. The van der Waals surface area contributed by atoms with Crippen molar-refractivity contribution in [3.05, 3.63) is 29.8 Å². The van der Waals surface area contributed by atoms with E-state index in [-0.39, 0.29) is 18.1 Å². The van der Waals surface area contributed by atoms with Crippen LogP contribution < -0.4 is 21.7 Å². The number of nitrogens with zero attached hydrogens (tertiary/aromatic N) is 1. The summed E-state index contributed by atoms with van der Waals surface area (Å²) in [5.74, 6) is -3.62. The molecule has 0 spiro atoms. The van der Waals surface area contributed by atoms with E-state index in [9.17, 15) is 34.2 Å². The number of carbonyl (C=O) groups excluding carboxylic acids is 4. The third-order valence-corrected chi connectivity index (χ3v) is 6.47. The standard InChI is InChI=1S/C26H39N5O7/c1-14(2)20(29-21(33)15(3)27)23(35)31-12-6-7-19(31)22(34)30-26(4,5)25(38)28-18(24(36)37)13-16-8-10-17(32)11-9-16/h8-11,14-15,18-20,32H,6-7,12-13,27H2,1-5H3,(H,28,38)(H,29,33)(H,30,34)(H,36,37)/t15-,18-,19-,20-/m0/s1. The van der Waals surface area contributed by atoms with Crippen LogP contribution in [0, 0.1) is 5.92 Å². The van der Waals surface area contributed by atoms with Crippen LogP contribution in [0.25, 0.3) is 0 Å². The zero-order valence-electron chi connectivity index (χ0n) is 22.5. The molecule has 1 aromatic carbocycles. The van der Waals surface area contributed by atoms with E-state index in [1.54, 1.807) is 26.0 Å². The van der Waals surface area contributed by atoms with Crippen LogP contribution in [-0.4, -0.2) is 81.0 Å². The van der Waals surface area contributed by atoms with Crippen molar-refractivity contribution in [1.82, 2.24) is 20.9 Å². The van der Waals surface area contributed by atoms with Crippen LogP contribution in [-0.2, 0) is 30.4 Å². The Morgan fingerprint density at radius 1 is 1.08 bits per heavy atom. The highest BCUT2D eigenvalue weighted by atomic mass is 16.4. The van der Waals surface area contributed by atoms with Gasteiger partial charge in [0.05, 0.1) is 6.04 Å². The molecule has 0 bridgehead atoms. The van der Waals surface area contributed by atoms with E-state index in [2.05, 4.69) is 16.0 Å². The summed E-state index contributed by atoms with van der Waals surface area (Å²) in [6, 6.07) is 2.15. The summed E-state index contributed by atoms with van der Waals surface area (Å²) in [6.45, 7) is 8.27. The molecule has 210 valence electrons. The molecule has 1 fully saturated rings. The molecule has 1 aromatic rings. The lowest BCUT2D eigenvalue weighted by molar-refractivity contribution is -0.145. The number of aromatic hydroxyl groups is 1. The van der Waals surface area contributed by atoms with Crippen molar-refractivity contribution in [3.8, 4) is 5.75 Å². The van der Waals surface area contributed by atoms with E-state index in [4.69, 9.17) is 5.73 Å². The molecule has 38 heavy (non-hydrogen) atoms. The van der Waals surface area contributed by atoms with E-state index in [0.29, 0.717) is 24.9 Å². The maximum atomic E-state index is 13.3. The molecule has 1 saturated heterocycles. The molecule has 0 saturated carbocycles. The third-order valence-electron chi connectivity index (χ3n) is 6.47. The monoisotopic (exact) mass is 533 g/mol. The van der Waals surface area contributed by atoms with E-state index < -0.39 is 59.3 Å². The SMILES string of the molecule is CC(C)[C@H](NC(=O)[C@H](C)N)C(=O)N1CCC[C@H]1C(=O)NC(C)(C)C(=O)N[C@@H](Cc1ccc(O)cc1)C(=O)O. The number of phenols is 1. The van der Waals surface area contributed by atoms with Gasteiger partial charge in [-0.1, -0.05) is 26.0 Å². The van der Waals surface area contributed by atoms with Gasteiger partial charge < -0.3 is 36.8 Å². The molecular weight excluding hydrogens is 494 g/mol. The average Bonchev–Trinajstić information content (AvgIpc) is 3.32. The minimum absolute atomic E-state index is 0.0278. The fraction of sp³-hybridized carbons (Fsp3) is 0.577. The van der Waals surface area contributed by atoms with Gasteiger partial charge in [0, 0.05) is 13.0 Å². The van der Waals surface area contributed by atoms with Crippen molar-refractivity contribution >= 4 is 29.6 Å². The van der Waals surface area contributed by atoms with Gasteiger partial charge in [-0.25, -0.2) is 4.79 Å². The highest BCUT2D eigenvalue weighted by Gasteiger charge is 2.41. The van der Waals surface area contributed by atoms with Gasteiger partial charge >= 0.3 is 5.97 Å². The van der Waals surface area contributed by atoms with Crippen LogP contribution in [0.15, 0.2) is 24.3 Å². The molecule has 12 nitrogen and oxygen atoms in total. The first-order valence-corrected chi connectivity index (χ1v) is 12.6. The summed E-state index contributed by atoms with van der Waals surface area (Å²) in [5, 5.41) is 26.8. The second-order valence-corrected chi connectivity index (χ2v) is 10.6. The average molecular weight is 534 g/mol. The van der Waals surface area contributed by atoms with Gasteiger partial charge in [0.15, 0.2) is 0 Å². The highest BCUT2D eigenvalue weighted by molar-refractivity contribution is 5.97. The molecule has 0 aliphatic carbocycles. The molecule has 2 rings (SSSR count). The number of carboxylic acid groups (broad SMARTS) is 1. The highest BCUT2D eigenvalue weighted by Crippen LogP contribution is 2.21. The summed E-state index contributed by atoms with van der Waals surface area (Å²) < 4.78 is 0. The van der Waals surface area contributed by atoms with E-state index in [1.165, 1.54) is 37.8 Å². The first-order valence-electron chi connectivity index (χ1n) is 12.6. The lowest BCUT2D eigenvalue weighted by Gasteiger charge is -2.33. The topological polar surface area (TPSA) is 191 Å². The van der Waals surface area contributed by atoms with Gasteiger partial charge in [-0.05, 0) is 57.2 Å².